The Kier molecular flexibility index (Phi) is 3.09. The molecule has 0 amide bonds. The van der Waals surface area contributed by atoms with Crippen molar-refractivity contribution in [3.8, 4) is 11.1 Å². The smallest absolute Gasteiger partial charge is 0.168 e. The molecule has 3 rings (SSSR count). The van der Waals surface area contributed by atoms with Gasteiger partial charge in [-0.25, -0.2) is 4.98 Å². The Morgan fingerprint density at radius 3 is 2.50 bits per heavy atom. The summed E-state index contributed by atoms with van der Waals surface area (Å²) in [5.74, 6) is 0. The molecule has 4 nitrogen and oxygen atoms in total. The van der Waals surface area contributed by atoms with Gasteiger partial charge in [-0.15, -0.1) is 0 Å². The lowest BCUT2D eigenvalue weighted by molar-refractivity contribution is 0.731. The van der Waals surface area contributed by atoms with Crippen LogP contribution in [0.2, 0.25) is 0 Å². The zero-order valence-corrected chi connectivity index (χ0v) is 13.2. The standard InChI is InChI=1S/C15H18N4S/c1-9-13(10(2)19(4)17-9)11-7-6-8-12-14(11)18(3)15(16-12)20-5/h6-8H,1-5H3. The minimum Gasteiger partial charge on any atom is -0.322 e. The minimum atomic E-state index is 1.03. The maximum Gasteiger partial charge on any atom is 0.168 e. The summed E-state index contributed by atoms with van der Waals surface area (Å²) in [6, 6.07) is 6.30. The summed E-state index contributed by atoms with van der Waals surface area (Å²) in [4.78, 5) is 4.68. The summed E-state index contributed by atoms with van der Waals surface area (Å²) in [6.07, 6.45) is 2.06. The van der Waals surface area contributed by atoms with Gasteiger partial charge in [0.25, 0.3) is 0 Å². The molecular formula is C15H18N4S. The molecule has 0 fully saturated rings. The second kappa shape index (κ2) is 4.66. The van der Waals surface area contributed by atoms with E-state index in [1.807, 2.05) is 11.7 Å². The van der Waals surface area contributed by atoms with E-state index in [0.29, 0.717) is 0 Å². The molecular weight excluding hydrogens is 268 g/mol. The second-order valence-corrected chi connectivity index (χ2v) is 5.77. The molecule has 0 aliphatic carbocycles. The molecule has 5 heteroatoms. The highest BCUT2D eigenvalue weighted by Gasteiger charge is 2.17. The van der Waals surface area contributed by atoms with Crippen LogP contribution in [0.25, 0.3) is 22.2 Å². The van der Waals surface area contributed by atoms with E-state index in [0.717, 1.165) is 16.4 Å². The number of benzene rings is 1. The van der Waals surface area contributed by atoms with Crippen LogP contribution in [-0.4, -0.2) is 25.6 Å². The number of rotatable bonds is 2. The van der Waals surface area contributed by atoms with Gasteiger partial charge in [-0.3, -0.25) is 4.68 Å². The molecule has 0 atom stereocenters. The molecule has 0 unspecified atom stereocenters. The number of thioether (sulfide) groups is 1. The lowest BCUT2D eigenvalue weighted by Gasteiger charge is -2.07. The number of nitrogens with zero attached hydrogens (tertiary/aromatic N) is 4. The van der Waals surface area contributed by atoms with Crippen molar-refractivity contribution >= 4 is 22.8 Å². The number of hydrogen-bond donors (Lipinski definition) is 0. The highest BCUT2D eigenvalue weighted by Crippen LogP contribution is 2.34. The predicted octanol–water partition coefficient (Wildman–Crippen LogP) is 3.31. The van der Waals surface area contributed by atoms with E-state index in [1.54, 1.807) is 11.8 Å². The number of aryl methyl sites for hydroxylation is 3. The van der Waals surface area contributed by atoms with E-state index in [1.165, 1.54) is 22.3 Å². The van der Waals surface area contributed by atoms with Gasteiger partial charge in [-0.2, -0.15) is 5.10 Å². The quantitative estimate of drug-likeness (QED) is 0.678. The van der Waals surface area contributed by atoms with E-state index in [4.69, 9.17) is 0 Å². The minimum absolute atomic E-state index is 1.03. The molecule has 0 N–H and O–H groups in total. The van der Waals surface area contributed by atoms with Crippen molar-refractivity contribution < 1.29 is 0 Å². The third-order valence-corrected chi connectivity index (χ3v) is 4.54. The molecule has 0 spiro atoms. The molecule has 0 saturated heterocycles. The fraction of sp³-hybridized carbons (Fsp3) is 0.333. The van der Waals surface area contributed by atoms with Crippen molar-refractivity contribution in [3.63, 3.8) is 0 Å². The van der Waals surface area contributed by atoms with Crippen LogP contribution in [0.15, 0.2) is 23.4 Å². The predicted molar refractivity (Wildman–Crippen MR) is 84.2 cm³/mol. The van der Waals surface area contributed by atoms with Crippen molar-refractivity contribution in [1.82, 2.24) is 19.3 Å². The molecule has 0 bridgehead atoms. The number of hydrogen-bond acceptors (Lipinski definition) is 3. The van der Waals surface area contributed by atoms with Gasteiger partial charge in [0.05, 0.1) is 16.7 Å². The van der Waals surface area contributed by atoms with Crippen LogP contribution in [0.1, 0.15) is 11.4 Å². The first-order valence-corrected chi connectivity index (χ1v) is 7.77. The summed E-state index contributed by atoms with van der Waals surface area (Å²) >= 11 is 1.67. The number of fused-ring (bicyclic) bond motifs is 1. The van der Waals surface area contributed by atoms with Crippen LogP contribution in [0, 0.1) is 13.8 Å². The Hall–Kier alpha value is -1.75. The van der Waals surface area contributed by atoms with Gasteiger partial charge in [-0.05, 0) is 26.2 Å². The van der Waals surface area contributed by atoms with Gasteiger partial charge >= 0.3 is 0 Å². The molecule has 2 aromatic heterocycles. The van der Waals surface area contributed by atoms with Crippen LogP contribution in [0.3, 0.4) is 0 Å². The highest BCUT2D eigenvalue weighted by molar-refractivity contribution is 7.98. The molecule has 1 aromatic carbocycles. The summed E-state index contributed by atoms with van der Waals surface area (Å²) < 4.78 is 4.11. The summed E-state index contributed by atoms with van der Waals surface area (Å²) in [6.45, 7) is 4.17. The Balaban J connectivity index is 2.39. The Morgan fingerprint density at radius 1 is 1.15 bits per heavy atom. The Morgan fingerprint density at radius 2 is 1.90 bits per heavy atom. The van der Waals surface area contributed by atoms with Gasteiger partial charge in [0.15, 0.2) is 5.16 Å². The maximum absolute atomic E-state index is 4.68. The van der Waals surface area contributed by atoms with Gasteiger partial charge in [-0.1, -0.05) is 23.9 Å². The van der Waals surface area contributed by atoms with Gasteiger partial charge in [0.1, 0.15) is 0 Å². The molecule has 2 heterocycles. The molecule has 0 aliphatic rings. The third-order valence-electron chi connectivity index (χ3n) is 3.81. The molecule has 104 valence electrons. The molecule has 0 saturated carbocycles. The first kappa shape index (κ1) is 13.2. The van der Waals surface area contributed by atoms with Crippen LogP contribution in [0.4, 0.5) is 0 Å². The van der Waals surface area contributed by atoms with Crippen LogP contribution in [0.5, 0.6) is 0 Å². The van der Waals surface area contributed by atoms with Crippen molar-refractivity contribution in [1.29, 1.82) is 0 Å². The molecule has 0 aliphatic heterocycles. The highest BCUT2D eigenvalue weighted by atomic mass is 32.2. The molecule has 0 radical (unpaired) electrons. The van der Waals surface area contributed by atoms with E-state index in [2.05, 4.69) is 60.0 Å². The first-order chi connectivity index (χ1) is 9.54. The Bertz CT molecular complexity index is 798. The van der Waals surface area contributed by atoms with Crippen LogP contribution < -0.4 is 0 Å². The number of imidazole rings is 1. The zero-order valence-electron chi connectivity index (χ0n) is 12.4. The van der Waals surface area contributed by atoms with E-state index in [9.17, 15) is 0 Å². The van der Waals surface area contributed by atoms with E-state index < -0.39 is 0 Å². The van der Waals surface area contributed by atoms with Crippen molar-refractivity contribution in [2.75, 3.05) is 6.26 Å². The average Bonchev–Trinajstić information content (AvgIpc) is 2.88. The fourth-order valence-electron chi connectivity index (χ4n) is 2.80. The lowest BCUT2D eigenvalue weighted by atomic mass is 10.0. The largest absolute Gasteiger partial charge is 0.322 e. The summed E-state index contributed by atoms with van der Waals surface area (Å²) in [5.41, 5.74) is 6.88. The Labute approximate surface area is 122 Å². The fourth-order valence-corrected chi connectivity index (χ4v) is 3.35. The first-order valence-electron chi connectivity index (χ1n) is 6.54. The van der Waals surface area contributed by atoms with Crippen LogP contribution in [-0.2, 0) is 14.1 Å². The topological polar surface area (TPSA) is 35.6 Å². The van der Waals surface area contributed by atoms with Gasteiger partial charge in [0, 0.05) is 30.9 Å². The zero-order chi connectivity index (χ0) is 14.4. The van der Waals surface area contributed by atoms with Gasteiger partial charge < -0.3 is 4.57 Å². The lowest BCUT2D eigenvalue weighted by Crippen LogP contribution is -1.94. The maximum atomic E-state index is 4.68. The third kappa shape index (κ3) is 1.77. The molecule has 20 heavy (non-hydrogen) atoms. The van der Waals surface area contributed by atoms with Crippen molar-refractivity contribution in [2.45, 2.75) is 19.0 Å². The van der Waals surface area contributed by atoms with Crippen LogP contribution >= 0.6 is 11.8 Å². The number of aromatic nitrogens is 4. The monoisotopic (exact) mass is 286 g/mol. The average molecular weight is 286 g/mol. The van der Waals surface area contributed by atoms with Crippen molar-refractivity contribution in [2.24, 2.45) is 14.1 Å². The normalized spacial score (nSPS) is 11.4. The summed E-state index contributed by atoms with van der Waals surface area (Å²) in [5, 5.41) is 5.57. The SMILES string of the molecule is CSc1nc2cccc(-c3c(C)nn(C)c3C)c2n1C. The summed E-state index contributed by atoms with van der Waals surface area (Å²) in [7, 11) is 4.06. The second-order valence-electron chi connectivity index (χ2n) is 5.00. The van der Waals surface area contributed by atoms with E-state index >= 15 is 0 Å². The number of para-hydroxylation sites is 1. The van der Waals surface area contributed by atoms with E-state index in [-0.39, 0.29) is 0 Å². The van der Waals surface area contributed by atoms with Gasteiger partial charge in [0.2, 0.25) is 0 Å². The van der Waals surface area contributed by atoms with Crippen molar-refractivity contribution in [3.05, 3.63) is 29.6 Å². The molecule has 3 aromatic rings.